The minimum Gasteiger partial charge on any atom is -0.475 e. The molecule has 44 heavy (non-hydrogen) atoms. The molecule has 5 N–H and O–H groups in total. The van der Waals surface area contributed by atoms with Gasteiger partial charge in [0.15, 0.2) is 5.82 Å². The Hall–Kier alpha value is -4.06. The van der Waals surface area contributed by atoms with Gasteiger partial charge in [-0.1, -0.05) is 23.7 Å². The zero-order chi connectivity index (χ0) is 31.1. The van der Waals surface area contributed by atoms with E-state index in [0.29, 0.717) is 16.8 Å². The summed E-state index contributed by atoms with van der Waals surface area (Å²) in [6.45, 7) is 0. The molecular formula is C31H32ClF3N6O3. The number of rotatable bonds is 2. The van der Waals surface area contributed by atoms with Crippen LogP contribution < -0.4 is 21.3 Å². The fraction of sp³-hybridized carbons (Fsp3) is 0.419. The first-order valence-corrected chi connectivity index (χ1v) is 15.0. The van der Waals surface area contributed by atoms with E-state index in [1.807, 2.05) is 24.3 Å². The summed E-state index contributed by atoms with van der Waals surface area (Å²) in [4.78, 5) is 31.1. The third kappa shape index (κ3) is 6.85. The van der Waals surface area contributed by atoms with Crippen LogP contribution in [-0.4, -0.2) is 38.8 Å². The molecule has 13 heteroatoms. The molecule has 4 saturated carbocycles. The number of anilines is 5. The van der Waals surface area contributed by atoms with Crippen molar-refractivity contribution in [2.24, 2.45) is 17.8 Å². The maximum Gasteiger partial charge on any atom is 0.490 e. The van der Waals surface area contributed by atoms with Gasteiger partial charge in [-0.25, -0.2) is 14.6 Å². The number of benzene rings is 2. The number of urea groups is 1. The molecule has 0 radical (unpaired) electrons. The molecule has 4 fully saturated rings. The van der Waals surface area contributed by atoms with Crippen LogP contribution in [0.15, 0.2) is 48.7 Å². The first-order valence-electron chi connectivity index (χ1n) is 14.6. The van der Waals surface area contributed by atoms with E-state index in [1.54, 1.807) is 6.20 Å². The van der Waals surface area contributed by atoms with Crippen molar-refractivity contribution in [3.05, 3.63) is 64.8 Å². The number of amides is 2. The van der Waals surface area contributed by atoms with E-state index in [1.165, 1.54) is 24.8 Å². The van der Waals surface area contributed by atoms with Gasteiger partial charge >= 0.3 is 18.2 Å². The molecule has 5 aliphatic rings. The molecule has 1 aromatic heterocycles. The summed E-state index contributed by atoms with van der Waals surface area (Å²) >= 11 is 6.40. The van der Waals surface area contributed by atoms with E-state index in [2.05, 4.69) is 49.4 Å². The van der Waals surface area contributed by atoms with Gasteiger partial charge in [0.1, 0.15) is 5.02 Å². The summed E-state index contributed by atoms with van der Waals surface area (Å²) in [6, 6.07) is 14.2. The quantitative estimate of drug-likeness (QED) is 0.199. The average Bonchev–Trinajstić information content (AvgIpc) is 2.94. The van der Waals surface area contributed by atoms with Crippen LogP contribution in [0.4, 0.5) is 46.8 Å². The molecule has 0 unspecified atom stereocenters. The molecule has 2 aromatic carbocycles. The third-order valence-corrected chi connectivity index (χ3v) is 9.16. The molecule has 2 heterocycles. The van der Waals surface area contributed by atoms with Gasteiger partial charge < -0.3 is 26.4 Å². The van der Waals surface area contributed by atoms with Gasteiger partial charge in [0.05, 0.1) is 6.20 Å². The molecule has 232 valence electrons. The molecule has 8 rings (SSSR count). The van der Waals surface area contributed by atoms with Crippen LogP contribution >= 0.6 is 11.6 Å². The highest BCUT2D eigenvalue weighted by molar-refractivity contribution is 6.32. The lowest BCUT2D eigenvalue weighted by Crippen LogP contribution is -2.60. The number of carboxylic acid groups (broad SMARTS) is 1. The fourth-order valence-electron chi connectivity index (χ4n) is 7.52. The van der Waals surface area contributed by atoms with Crippen LogP contribution in [0.25, 0.3) is 0 Å². The predicted octanol–water partition coefficient (Wildman–Crippen LogP) is 7.44. The summed E-state index contributed by atoms with van der Waals surface area (Å²) in [5.41, 5.74) is 4.86. The number of aromatic nitrogens is 2. The van der Waals surface area contributed by atoms with Crippen LogP contribution in [0.3, 0.4) is 0 Å². The highest BCUT2D eigenvalue weighted by Crippen LogP contribution is 2.55. The third-order valence-electron chi connectivity index (χ3n) is 8.89. The minimum absolute atomic E-state index is 0.0232. The second kappa shape index (κ2) is 11.8. The molecule has 10 bridgehead atoms. The first kappa shape index (κ1) is 30.0. The molecule has 0 atom stereocenters. The Balaban J connectivity index is 0.000000441. The Labute approximate surface area is 257 Å². The second-order valence-corrected chi connectivity index (χ2v) is 12.7. The molecule has 0 saturated heterocycles. The van der Waals surface area contributed by atoms with Gasteiger partial charge in [-0.2, -0.15) is 18.2 Å². The maximum atomic E-state index is 13.3. The van der Waals surface area contributed by atoms with Gasteiger partial charge in [0.25, 0.3) is 0 Å². The SMILES string of the molecule is O=C(Nc1ccc2cc1CCc1cccc(c1)Nc1ncc(Cl)c(n1)N2)NC12CC3CC(CC(C3)C1)C2.O=C(O)C(F)(F)F. The summed E-state index contributed by atoms with van der Waals surface area (Å²) < 4.78 is 31.7. The van der Waals surface area contributed by atoms with Crippen LogP contribution in [0.5, 0.6) is 0 Å². The molecular weight excluding hydrogens is 597 g/mol. The lowest BCUT2D eigenvalue weighted by atomic mass is 9.53. The van der Waals surface area contributed by atoms with Gasteiger partial charge in [0, 0.05) is 22.6 Å². The van der Waals surface area contributed by atoms with Crippen molar-refractivity contribution in [3.8, 4) is 0 Å². The van der Waals surface area contributed by atoms with E-state index in [4.69, 9.17) is 21.5 Å². The lowest BCUT2D eigenvalue weighted by Gasteiger charge is -2.56. The minimum atomic E-state index is -5.08. The molecule has 0 spiro atoms. The Kier molecular flexibility index (Phi) is 8.04. The number of carboxylic acids is 1. The first-order chi connectivity index (χ1) is 20.9. The average molecular weight is 629 g/mol. The largest absolute Gasteiger partial charge is 0.490 e. The number of carbonyl (C=O) groups is 2. The summed E-state index contributed by atoms with van der Waals surface area (Å²) in [6.07, 6.45) is 5.60. The number of nitrogens with zero attached hydrogens (tertiary/aromatic N) is 2. The van der Waals surface area contributed by atoms with Crippen LogP contribution in [-0.2, 0) is 17.6 Å². The normalized spacial score (nSPS) is 24.6. The molecule has 9 nitrogen and oxygen atoms in total. The number of fused-ring (bicyclic) bond motifs is 6. The van der Waals surface area contributed by atoms with Gasteiger partial charge in [0.2, 0.25) is 5.95 Å². The number of hydrogen-bond acceptors (Lipinski definition) is 6. The number of nitrogens with one attached hydrogen (secondary N) is 4. The maximum absolute atomic E-state index is 13.3. The zero-order valence-corrected chi connectivity index (χ0v) is 24.4. The van der Waals surface area contributed by atoms with Crippen LogP contribution in [0, 0.1) is 17.8 Å². The smallest absolute Gasteiger partial charge is 0.475 e. The fourth-order valence-corrected chi connectivity index (χ4v) is 7.66. The molecule has 2 amide bonds. The Morgan fingerprint density at radius 1 is 0.955 bits per heavy atom. The monoisotopic (exact) mass is 628 g/mol. The summed E-state index contributed by atoms with van der Waals surface area (Å²) in [5.74, 6) is 0.606. The number of carbonyl (C=O) groups excluding carboxylic acids is 1. The van der Waals surface area contributed by atoms with Gasteiger partial charge in [-0.15, -0.1) is 0 Å². The van der Waals surface area contributed by atoms with Crippen molar-refractivity contribution in [1.29, 1.82) is 0 Å². The Bertz CT molecular complexity index is 1550. The van der Waals surface area contributed by atoms with Crippen LogP contribution in [0.2, 0.25) is 5.02 Å². The van der Waals surface area contributed by atoms with Crippen LogP contribution in [0.1, 0.15) is 49.7 Å². The van der Waals surface area contributed by atoms with Gasteiger partial charge in [-0.3, -0.25) is 0 Å². The summed E-state index contributed by atoms with van der Waals surface area (Å²) in [7, 11) is 0. The lowest BCUT2D eigenvalue weighted by molar-refractivity contribution is -0.192. The van der Waals surface area contributed by atoms with Crippen molar-refractivity contribution < 1.29 is 27.9 Å². The van der Waals surface area contributed by atoms with E-state index in [9.17, 15) is 18.0 Å². The van der Waals surface area contributed by atoms with E-state index in [-0.39, 0.29) is 11.6 Å². The van der Waals surface area contributed by atoms with E-state index >= 15 is 0 Å². The number of aliphatic carboxylic acids is 1. The molecule has 1 aliphatic heterocycles. The van der Waals surface area contributed by atoms with Crippen molar-refractivity contribution in [2.45, 2.75) is 63.1 Å². The topological polar surface area (TPSA) is 128 Å². The number of alkyl halides is 3. The van der Waals surface area contributed by atoms with Crippen molar-refractivity contribution in [1.82, 2.24) is 15.3 Å². The standard InChI is InChI=1S/C29H31ClN6O.C2HF3O2/c30-24-16-31-27-33-22-3-1-2-17(11-22)4-5-21-12-23(32-26(24)35-27)6-7-25(21)34-28(37)36-29-13-18-8-19(14-29)10-20(9-18)15-29;3-2(4,5)1(6)7/h1-3,6-7,11-12,16,18-20H,4-5,8-10,13-15H2,(H2,34,36,37)(H2,31,32,33,35);(H,6,7). The van der Waals surface area contributed by atoms with E-state index < -0.39 is 12.1 Å². The van der Waals surface area contributed by atoms with Crippen molar-refractivity contribution >= 4 is 52.4 Å². The highest BCUT2D eigenvalue weighted by Gasteiger charge is 2.51. The van der Waals surface area contributed by atoms with Crippen molar-refractivity contribution in [3.63, 3.8) is 0 Å². The Morgan fingerprint density at radius 3 is 2.27 bits per heavy atom. The molecule has 3 aromatic rings. The highest BCUT2D eigenvalue weighted by atomic mass is 35.5. The number of halogens is 4. The molecule has 4 aliphatic carbocycles. The predicted molar refractivity (Wildman–Crippen MR) is 161 cm³/mol. The van der Waals surface area contributed by atoms with Gasteiger partial charge in [-0.05, 0) is 111 Å². The number of aryl methyl sites for hydroxylation is 2. The van der Waals surface area contributed by atoms with E-state index in [0.717, 1.165) is 72.5 Å². The Morgan fingerprint density at radius 2 is 1.61 bits per heavy atom. The zero-order valence-electron chi connectivity index (χ0n) is 23.7. The van der Waals surface area contributed by atoms with Crippen molar-refractivity contribution in [2.75, 3.05) is 16.0 Å². The second-order valence-electron chi connectivity index (χ2n) is 12.3. The number of hydrogen-bond donors (Lipinski definition) is 5. The summed E-state index contributed by atoms with van der Waals surface area (Å²) in [5, 5.41) is 20.8.